The Labute approximate surface area is 157 Å². The van der Waals surface area contributed by atoms with Gasteiger partial charge >= 0.3 is 0 Å². The first-order valence-electron chi connectivity index (χ1n) is 8.89. The van der Waals surface area contributed by atoms with E-state index in [1.165, 1.54) is 6.92 Å². The molecule has 1 saturated heterocycles. The Hall–Kier alpha value is -2.94. The van der Waals surface area contributed by atoms with E-state index in [0.717, 1.165) is 43.9 Å². The van der Waals surface area contributed by atoms with E-state index >= 15 is 0 Å². The Balaban J connectivity index is 1.77. The number of anilines is 3. The summed E-state index contributed by atoms with van der Waals surface area (Å²) in [5.41, 5.74) is 1.63. The van der Waals surface area contributed by atoms with Gasteiger partial charge in [-0.2, -0.15) is 5.26 Å². The SMILES string of the molecule is Cc1c(F)cc(C=N)c(Nc2ccc(N3CCC(C)(C#N)CC3)cc2)c1F. The van der Waals surface area contributed by atoms with Gasteiger partial charge in [-0.05, 0) is 57.0 Å². The zero-order valence-electron chi connectivity index (χ0n) is 15.4. The predicted octanol–water partition coefficient (Wildman–Crippen LogP) is 5.14. The molecule has 1 aliphatic rings. The highest BCUT2D eigenvalue weighted by Gasteiger charge is 2.29. The second-order valence-electron chi connectivity index (χ2n) is 7.24. The standard InChI is InChI=1S/C21H22F2N4/c1-14-18(22)11-15(12-24)20(19(14)23)26-16-3-5-17(6-4-16)27-9-7-21(2,13-25)8-10-27/h3-6,11-12,24,26H,7-10H2,1-2H3. The minimum Gasteiger partial charge on any atom is -0.371 e. The van der Waals surface area contributed by atoms with E-state index in [1.54, 1.807) is 0 Å². The minimum absolute atomic E-state index is 0.0754. The molecule has 0 radical (unpaired) electrons. The summed E-state index contributed by atoms with van der Waals surface area (Å²) in [6.07, 6.45) is 2.58. The van der Waals surface area contributed by atoms with Crippen LogP contribution in [-0.4, -0.2) is 19.3 Å². The Bertz CT molecular complexity index is 892. The summed E-state index contributed by atoms with van der Waals surface area (Å²) in [4.78, 5) is 2.23. The lowest BCUT2D eigenvalue weighted by Gasteiger charge is -2.36. The molecule has 0 saturated carbocycles. The van der Waals surface area contributed by atoms with Crippen molar-refractivity contribution in [2.45, 2.75) is 26.7 Å². The number of hydrogen-bond acceptors (Lipinski definition) is 4. The van der Waals surface area contributed by atoms with Gasteiger partial charge in [-0.25, -0.2) is 8.78 Å². The molecule has 0 spiro atoms. The molecule has 1 fully saturated rings. The van der Waals surface area contributed by atoms with Crippen molar-refractivity contribution < 1.29 is 8.78 Å². The van der Waals surface area contributed by atoms with E-state index in [4.69, 9.17) is 5.41 Å². The Morgan fingerprint density at radius 1 is 1.22 bits per heavy atom. The van der Waals surface area contributed by atoms with Gasteiger partial charge in [0.05, 0.1) is 17.2 Å². The molecule has 2 aromatic rings. The van der Waals surface area contributed by atoms with Crippen LogP contribution in [0.1, 0.15) is 30.9 Å². The van der Waals surface area contributed by atoms with Gasteiger partial charge in [0.2, 0.25) is 0 Å². The second kappa shape index (κ2) is 7.36. The number of hydrogen-bond donors (Lipinski definition) is 2. The molecule has 2 aromatic carbocycles. The van der Waals surface area contributed by atoms with Crippen LogP contribution in [0.25, 0.3) is 0 Å². The van der Waals surface area contributed by atoms with E-state index in [2.05, 4.69) is 16.3 Å². The van der Waals surface area contributed by atoms with Crippen molar-refractivity contribution >= 4 is 23.3 Å². The van der Waals surface area contributed by atoms with Crippen LogP contribution in [0.3, 0.4) is 0 Å². The Morgan fingerprint density at radius 3 is 2.41 bits per heavy atom. The molecule has 0 aromatic heterocycles. The monoisotopic (exact) mass is 368 g/mol. The van der Waals surface area contributed by atoms with Crippen LogP contribution in [-0.2, 0) is 0 Å². The molecule has 1 aliphatic heterocycles. The predicted molar refractivity (Wildman–Crippen MR) is 104 cm³/mol. The topological polar surface area (TPSA) is 62.9 Å². The molecular weight excluding hydrogens is 346 g/mol. The summed E-state index contributed by atoms with van der Waals surface area (Å²) in [5, 5.41) is 19.6. The summed E-state index contributed by atoms with van der Waals surface area (Å²) in [6, 6.07) is 11.1. The molecule has 0 amide bonds. The third-order valence-electron chi connectivity index (χ3n) is 5.27. The molecule has 2 N–H and O–H groups in total. The molecule has 1 heterocycles. The number of nitrogens with one attached hydrogen (secondary N) is 2. The molecule has 3 rings (SSSR count). The van der Waals surface area contributed by atoms with E-state index in [1.807, 2.05) is 31.2 Å². The maximum Gasteiger partial charge on any atom is 0.153 e. The zero-order valence-corrected chi connectivity index (χ0v) is 15.4. The van der Waals surface area contributed by atoms with Gasteiger partial charge in [0.15, 0.2) is 5.82 Å². The van der Waals surface area contributed by atoms with Gasteiger partial charge in [0.1, 0.15) is 5.82 Å². The molecule has 140 valence electrons. The summed E-state index contributed by atoms with van der Waals surface area (Å²) >= 11 is 0. The van der Waals surface area contributed by atoms with E-state index in [9.17, 15) is 14.0 Å². The summed E-state index contributed by atoms with van der Waals surface area (Å²) in [6.45, 7) is 5.01. The van der Waals surface area contributed by atoms with Gasteiger partial charge in [0, 0.05) is 41.8 Å². The normalized spacial score (nSPS) is 15.9. The van der Waals surface area contributed by atoms with Crippen LogP contribution < -0.4 is 10.2 Å². The molecule has 4 nitrogen and oxygen atoms in total. The first-order valence-corrected chi connectivity index (χ1v) is 8.89. The largest absolute Gasteiger partial charge is 0.371 e. The summed E-state index contributed by atoms with van der Waals surface area (Å²) in [7, 11) is 0. The van der Waals surface area contributed by atoms with E-state index < -0.39 is 11.6 Å². The third kappa shape index (κ3) is 3.77. The third-order valence-corrected chi connectivity index (χ3v) is 5.27. The highest BCUT2D eigenvalue weighted by molar-refractivity contribution is 5.88. The van der Waals surface area contributed by atoms with Crippen molar-refractivity contribution in [1.29, 1.82) is 10.7 Å². The molecule has 0 aliphatic carbocycles. The van der Waals surface area contributed by atoms with Gasteiger partial charge < -0.3 is 15.6 Å². The summed E-state index contributed by atoms with van der Waals surface area (Å²) < 4.78 is 28.1. The van der Waals surface area contributed by atoms with Crippen LogP contribution in [0.5, 0.6) is 0 Å². The number of piperidine rings is 1. The van der Waals surface area contributed by atoms with E-state index in [-0.39, 0.29) is 22.2 Å². The number of halogens is 2. The minimum atomic E-state index is -0.690. The fourth-order valence-electron chi connectivity index (χ4n) is 3.25. The van der Waals surface area contributed by atoms with Crippen LogP contribution in [0.4, 0.5) is 25.8 Å². The van der Waals surface area contributed by atoms with Gasteiger partial charge in [-0.1, -0.05) is 0 Å². The maximum atomic E-state index is 14.4. The molecule has 0 bridgehead atoms. The van der Waals surface area contributed by atoms with Crippen LogP contribution in [0.15, 0.2) is 30.3 Å². The Kier molecular flexibility index (Phi) is 5.13. The maximum absolute atomic E-state index is 14.4. The lowest BCUT2D eigenvalue weighted by Crippen LogP contribution is -2.37. The smallest absolute Gasteiger partial charge is 0.153 e. The lowest BCUT2D eigenvalue weighted by molar-refractivity contribution is 0.337. The number of nitrogens with zero attached hydrogens (tertiary/aromatic N) is 2. The highest BCUT2D eigenvalue weighted by atomic mass is 19.1. The first kappa shape index (κ1) is 18.8. The molecular formula is C21H22F2N4. The fourth-order valence-corrected chi connectivity index (χ4v) is 3.25. The molecule has 27 heavy (non-hydrogen) atoms. The number of rotatable bonds is 4. The Morgan fingerprint density at radius 2 is 1.85 bits per heavy atom. The average Bonchev–Trinajstić information content (AvgIpc) is 2.69. The van der Waals surface area contributed by atoms with Crippen molar-refractivity contribution in [1.82, 2.24) is 0 Å². The van der Waals surface area contributed by atoms with Crippen molar-refractivity contribution in [2.75, 3.05) is 23.3 Å². The van der Waals surface area contributed by atoms with Crippen molar-refractivity contribution in [3.8, 4) is 6.07 Å². The van der Waals surface area contributed by atoms with Gasteiger partial charge in [-0.3, -0.25) is 0 Å². The van der Waals surface area contributed by atoms with Crippen LogP contribution >= 0.6 is 0 Å². The molecule has 6 heteroatoms. The second-order valence-corrected chi connectivity index (χ2v) is 7.24. The van der Waals surface area contributed by atoms with Crippen LogP contribution in [0.2, 0.25) is 0 Å². The molecule has 0 unspecified atom stereocenters. The number of nitriles is 1. The quantitative estimate of drug-likeness (QED) is 0.734. The summed E-state index contributed by atoms with van der Waals surface area (Å²) in [5.74, 6) is -1.36. The lowest BCUT2D eigenvalue weighted by atomic mass is 9.82. The van der Waals surface area contributed by atoms with Gasteiger partial charge in [0.25, 0.3) is 0 Å². The fraction of sp³-hybridized carbons (Fsp3) is 0.333. The average molecular weight is 368 g/mol. The van der Waals surface area contributed by atoms with E-state index in [0.29, 0.717) is 5.69 Å². The van der Waals surface area contributed by atoms with Crippen molar-refractivity contribution in [2.24, 2.45) is 5.41 Å². The highest BCUT2D eigenvalue weighted by Crippen LogP contribution is 2.33. The molecule has 0 atom stereocenters. The van der Waals surface area contributed by atoms with Crippen molar-refractivity contribution in [3.05, 3.63) is 53.1 Å². The van der Waals surface area contributed by atoms with Crippen molar-refractivity contribution in [3.63, 3.8) is 0 Å². The van der Waals surface area contributed by atoms with Gasteiger partial charge in [-0.15, -0.1) is 0 Å². The van der Waals surface area contributed by atoms with Crippen LogP contribution in [0, 0.1) is 40.7 Å². The zero-order chi connectivity index (χ0) is 19.6. The number of benzene rings is 2. The first-order chi connectivity index (χ1) is 12.9.